The van der Waals surface area contributed by atoms with Gasteiger partial charge in [0, 0.05) is 12.6 Å². The van der Waals surface area contributed by atoms with Crippen LogP contribution < -0.4 is 0 Å². The van der Waals surface area contributed by atoms with Gasteiger partial charge < -0.3 is 5.11 Å². The molecule has 0 saturated carbocycles. The summed E-state index contributed by atoms with van der Waals surface area (Å²) in [6.07, 6.45) is 0.741. The normalized spacial score (nSPS) is 10.7. The maximum absolute atomic E-state index is 13.2. The highest BCUT2D eigenvalue weighted by molar-refractivity contribution is 5.69. The third kappa shape index (κ3) is 5.01. The summed E-state index contributed by atoms with van der Waals surface area (Å²) in [4.78, 5) is 22.2. The Morgan fingerprint density at radius 2 is 2.16 bits per heavy atom. The minimum Gasteiger partial charge on any atom is -0.480 e. The Bertz CT molecular complexity index is 479. The van der Waals surface area contributed by atoms with Crippen molar-refractivity contribution in [1.29, 1.82) is 0 Å². The van der Waals surface area contributed by atoms with Crippen LogP contribution in [-0.2, 0) is 11.3 Å². The third-order valence-electron chi connectivity index (χ3n) is 2.46. The number of aliphatic carboxylic acids is 1. The van der Waals surface area contributed by atoms with Crippen LogP contribution in [0.2, 0.25) is 0 Å². The first-order valence-electron chi connectivity index (χ1n) is 5.80. The first kappa shape index (κ1) is 15.0. The van der Waals surface area contributed by atoms with Crippen LogP contribution >= 0.6 is 0 Å². The second-order valence-corrected chi connectivity index (χ2v) is 4.18. The molecule has 1 rings (SSSR count). The largest absolute Gasteiger partial charge is 0.480 e. The summed E-state index contributed by atoms with van der Waals surface area (Å²) in [5, 5.41) is 19.4. The van der Waals surface area contributed by atoms with Gasteiger partial charge in [0.1, 0.15) is 5.82 Å². The second-order valence-electron chi connectivity index (χ2n) is 4.18. The number of hydrogen-bond acceptors (Lipinski definition) is 4. The fourth-order valence-electron chi connectivity index (χ4n) is 1.81. The number of nitrogens with zero attached hydrogens (tertiary/aromatic N) is 2. The van der Waals surface area contributed by atoms with Gasteiger partial charge >= 0.3 is 5.97 Å². The highest BCUT2D eigenvalue weighted by Gasteiger charge is 2.14. The molecule has 0 aliphatic carbocycles. The van der Waals surface area contributed by atoms with Crippen molar-refractivity contribution in [2.75, 3.05) is 13.1 Å². The molecule has 6 nitrogen and oxygen atoms in total. The molecule has 1 aromatic carbocycles. The molecule has 1 N–H and O–H groups in total. The van der Waals surface area contributed by atoms with Gasteiger partial charge in [0.05, 0.1) is 17.5 Å². The first-order valence-corrected chi connectivity index (χ1v) is 5.80. The monoisotopic (exact) mass is 270 g/mol. The average molecular weight is 270 g/mol. The average Bonchev–Trinajstić information content (AvgIpc) is 2.27. The highest BCUT2D eigenvalue weighted by atomic mass is 19.1. The van der Waals surface area contributed by atoms with E-state index >= 15 is 0 Å². The van der Waals surface area contributed by atoms with Crippen LogP contribution in [0.15, 0.2) is 18.2 Å². The van der Waals surface area contributed by atoms with E-state index in [1.807, 2.05) is 6.92 Å². The lowest BCUT2D eigenvalue weighted by Gasteiger charge is -2.19. The van der Waals surface area contributed by atoms with Gasteiger partial charge in [-0.3, -0.25) is 19.8 Å². The van der Waals surface area contributed by atoms with Gasteiger partial charge in [0.15, 0.2) is 0 Å². The van der Waals surface area contributed by atoms with Crippen LogP contribution in [0.25, 0.3) is 0 Å². The van der Waals surface area contributed by atoms with Crippen molar-refractivity contribution in [1.82, 2.24) is 4.90 Å². The van der Waals surface area contributed by atoms with Crippen molar-refractivity contribution in [3.63, 3.8) is 0 Å². The number of rotatable bonds is 7. The Kier molecular flexibility index (Phi) is 5.37. The van der Waals surface area contributed by atoms with E-state index in [-0.39, 0.29) is 18.8 Å². The number of hydrogen-bond donors (Lipinski definition) is 1. The van der Waals surface area contributed by atoms with Crippen molar-refractivity contribution >= 4 is 11.7 Å². The quantitative estimate of drug-likeness (QED) is 0.605. The van der Waals surface area contributed by atoms with Crippen LogP contribution in [0.4, 0.5) is 10.1 Å². The van der Waals surface area contributed by atoms with Crippen molar-refractivity contribution in [2.45, 2.75) is 19.9 Å². The molecule has 7 heteroatoms. The number of halogens is 1. The van der Waals surface area contributed by atoms with Gasteiger partial charge in [0.2, 0.25) is 0 Å². The summed E-state index contributed by atoms with van der Waals surface area (Å²) in [7, 11) is 0. The van der Waals surface area contributed by atoms with Crippen molar-refractivity contribution in [2.24, 2.45) is 0 Å². The summed E-state index contributed by atoms with van der Waals surface area (Å²) in [6.45, 7) is 2.40. The number of nitro benzene ring substituents is 1. The van der Waals surface area contributed by atoms with Gasteiger partial charge in [-0.25, -0.2) is 4.39 Å². The van der Waals surface area contributed by atoms with Gasteiger partial charge in [-0.2, -0.15) is 0 Å². The van der Waals surface area contributed by atoms with E-state index in [0.717, 1.165) is 12.5 Å². The Balaban J connectivity index is 2.88. The van der Waals surface area contributed by atoms with Crippen LogP contribution in [0.3, 0.4) is 0 Å². The summed E-state index contributed by atoms with van der Waals surface area (Å²) in [5.74, 6) is -1.68. The summed E-state index contributed by atoms with van der Waals surface area (Å²) >= 11 is 0. The van der Waals surface area contributed by atoms with Gasteiger partial charge in [-0.1, -0.05) is 6.92 Å². The maximum Gasteiger partial charge on any atom is 0.317 e. The zero-order chi connectivity index (χ0) is 14.4. The van der Waals surface area contributed by atoms with E-state index in [1.54, 1.807) is 4.90 Å². The molecule has 0 aliphatic rings. The predicted molar refractivity (Wildman–Crippen MR) is 66.3 cm³/mol. The number of carbonyl (C=O) groups is 1. The van der Waals surface area contributed by atoms with E-state index in [1.165, 1.54) is 12.1 Å². The lowest BCUT2D eigenvalue weighted by molar-refractivity contribution is -0.385. The molecule has 0 aromatic heterocycles. The lowest BCUT2D eigenvalue weighted by Crippen LogP contribution is -2.30. The molecule has 0 unspecified atom stereocenters. The fourth-order valence-corrected chi connectivity index (χ4v) is 1.81. The van der Waals surface area contributed by atoms with Crippen LogP contribution in [0.5, 0.6) is 0 Å². The molecule has 0 radical (unpaired) electrons. The lowest BCUT2D eigenvalue weighted by atomic mass is 10.1. The zero-order valence-corrected chi connectivity index (χ0v) is 10.5. The molecule has 0 saturated heterocycles. The van der Waals surface area contributed by atoms with Crippen molar-refractivity contribution < 1.29 is 19.2 Å². The van der Waals surface area contributed by atoms with Crippen molar-refractivity contribution in [3.8, 4) is 0 Å². The summed E-state index contributed by atoms with van der Waals surface area (Å²) in [6, 6.07) is 3.27. The van der Waals surface area contributed by atoms with E-state index in [4.69, 9.17) is 5.11 Å². The van der Waals surface area contributed by atoms with Crippen molar-refractivity contribution in [3.05, 3.63) is 39.7 Å². The number of carboxylic acids is 1. The molecule has 0 fully saturated rings. The molecule has 19 heavy (non-hydrogen) atoms. The minimum absolute atomic E-state index is 0.165. The molecule has 0 atom stereocenters. The zero-order valence-electron chi connectivity index (χ0n) is 10.5. The first-order chi connectivity index (χ1) is 8.92. The fraction of sp³-hybridized carbons (Fsp3) is 0.417. The summed E-state index contributed by atoms with van der Waals surface area (Å²) in [5.41, 5.74) is 0.0585. The number of carboxylic acid groups (broad SMARTS) is 1. The third-order valence-corrected chi connectivity index (χ3v) is 2.46. The second kappa shape index (κ2) is 6.79. The Morgan fingerprint density at radius 3 is 2.68 bits per heavy atom. The molecule has 0 aliphatic heterocycles. The topological polar surface area (TPSA) is 83.7 Å². The van der Waals surface area contributed by atoms with E-state index in [9.17, 15) is 19.3 Å². The van der Waals surface area contributed by atoms with Crippen LogP contribution in [0, 0.1) is 15.9 Å². The number of benzene rings is 1. The standard InChI is InChI=1S/C12H15FN2O4/c1-2-3-14(8-12(16)17)7-9-4-10(13)6-11(5-9)15(18)19/h4-6H,2-3,7-8H2,1H3,(H,16,17). The van der Waals surface area contributed by atoms with E-state index < -0.39 is 16.7 Å². The van der Waals surface area contributed by atoms with Crippen LogP contribution in [-0.4, -0.2) is 34.0 Å². The Hall–Kier alpha value is -2.02. The molecule has 1 aromatic rings. The van der Waals surface area contributed by atoms with Gasteiger partial charge in [0.25, 0.3) is 5.69 Å². The molecule has 0 spiro atoms. The molecule has 104 valence electrons. The SMILES string of the molecule is CCCN(CC(=O)O)Cc1cc(F)cc([N+](=O)[O-])c1. The molecular formula is C12H15FN2O4. The number of non-ortho nitro benzene ring substituents is 1. The molecule has 0 bridgehead atoms. The molecular weight excluding hydrogens is 255 g/mol. The van der Waals surface area contributed by atoms with E-state index in [0.29, 0.717) is 12.1 Å². The molecule has 0 heterocycles. The Morgan fingerprint density at radius 1 is 1.47 bits per heavy atom. The van der Waals surface area contributed by atoms with Gasteiger partial charge in [-0.15, -0.1) is 0 Å². The highest BCUT2D eigenvalue weighted by Crippen LogP contribution is 2.17. The Labute approximate surface area is 109 Å². The molecule has 0 amide bonds. The minimum atomic E-state index is -0.987. The smallest absolute Gasteiger partial charge is 0.317 e. The predicted octanol–water partition coefficient (Wildman–Crippen LogP) is 2.03. The van der Waals surface area contributed by atoms with Crippen LogP contribution in [0.1, 0.15) is 18.9 Å². The van der Waals surface area contributed by atoms with E-state index in [2.05, 4.69) is 0 Å². The number of nitro groups is 1. The maximum atomic E-state index is 13.2. The summed E-state index contributed by atoms with van der Waals surface area (Å²) < 4.78 is 13.2. The van der Waals surface area contributed by atoms with Gasteiger partial charge in [-0.05, 0) is 24.6 Å².